The van der Waals surface area contributed by atoms with E-state index in [1.54, 1.807) is 0 Å². The Morgan fingerprint density at radius 1 is 1.70 bits per heavy atom. The van der Waals surface area contributed by atoms with E-state index in [4.69, 9.17) is 0 Å². The van der Waals surface area contributed by atoms with Crippen LogP contribution in [0.4, 0.5) is 0 Å². The third kappa shape index (κ3) is 1.29. The molecule has 55 valence electrons. The minimum Gasteiger partial charge on any atom is -0.344 e. The molecule has 0 saturated carbocycles. The van der Waals surface area contributed by atoms with Crippen molar-refractivity contribution < 1.29 is 0 Å². The molecular formula is C7H11N2S. The summed E-state index contributed by atoms with van der Waals surface area (Å²) in [4.78, 5) is 3.96. The first-order valence-corrected chi connectivity index (χ1v) is 3.55. The number of thiol groups is 1. The van der Waals surface area contributed by atoms with Gasteiger partial charge in [0.15, 0.2) is 0 Å². The first-order chi connectivity index (χ1) is 4.75. The van der Waals surface area contributed by atoms with E-state index in [0.717, 1.165) is 12.0 Å². The SMILES string of the molecule is C=CCN1C=CN(C)[C]1S. The Balaban J connectivity index is 2.49. The quantitative estimate of drug-likeness (QED) is 0.474. The fourth-order valence-electron chi connectivity index (χ4n) is 0.798. The fraction of sp³-hybridized carbons (Fsp3) is 0.286. The van der Waals surface area contributed by atoms with Crippen LogP contribution < -0.4 is 0 Å². The fourth-order valence-corrected chi connectivity index (χ4v) is 1.01. The lowest BCUT2D eigenvalue weighted by Gasteiger charge is -2.22. The summed E-state index contributed by atoms with van der Waals surface area (Å²) in [5.41, 5.74) is 0.944. The van der Waals surface area contributed by atoms with Crippen molar-refractivity contribution in [3.05, 3.63) is 30.6 Å². The van der Waals surface area contributed by atoms with Crippen LogP contribution in [0, 0.1) is 5.50 Å². The van der Waals surface area contributed by atoms with E-state index in [2.05, 4.69) is 19.2 Å². The van der Waals surface area contributed by atoms with E-state index in [0.29, 0.717) is 0 Å². The predicted molar refractivity (Wildman–Crippen MR) is 46.0 cm³/mol. The van der Waals surface area contributed by atoms with Gasteiger partial charge in [0.05, 0.1) is 0 Å². The van der Waals surface area contributed by atoms with Gasteiger partial charge in [0.1, 0.15) is 0 Å². The first kappa shape index (κ1) is 7.54. The molecular weight excluding hydrogens is 144 g/mol. The van der Waals surface area contributed by atoms with Gasteiger partial charge in [-0.3, -0.25) is 0 Å². The minimum atomic E-state index is 0.819. The molecule has 0 aliphatic carbocycles. The molecule has 0 aromatic carbocycles. The molecule has 0 spiro atoms. The highest BCUT2D eigenvalue weighted by Gasteiger charge is 2.19. The van der Waals surface area contributed by atoms with E-state index in [1.807, 2.05) is 35.3 Å². The molecule has 0 unspecified atom stereocenters. The second kappa shape index (κ2) is 3.01. The zero-order valence-corrected chi connectivity index (χ0v) is 6.88. The standard InChI is InChI=1S/C7H11N2S/c1-3-4-9-6-5-8(2)7(9)10/h3,5-6,10H,1,4H2,2H3. The van der Waals surface area contributed by atoms with Crippen LogP contribution in [0.1, 0.15) is 0 Å². The summed E-state index contributed by atoms with van der Waals surface area (Å²) in [6.07, 6.45) is 5.79. The summed E-state index contributed by atoms with van der Waals surface area (Å²) in [5.74, 6) is 0. The molecule has 1 heterocycles. The maximum Gasteiger partial charge on any atom is 0.211 e. The normalized spacial score (nSPS) is 18.6. The maximum absolute atomic E-state index is 4.27. The molecule has 1 aliphatic rings. The van der Waals surface area contributed by atoms with Crippen LogP contribution in [-0.4, -0.2) is 23.4 Å². The summed E-state index contributed by atoms with van der Waals surface area (Å²) in [7, 11) is 1.96. The van der Waals surface area contributed by atoms with Crippen LogP contribution in [-0.2, 0) is 0 Å². The van der Waals surface area contributed by atoms with Gasteiger partial charge in [-0.05, 0) is 0 Å². The molecule has 0 amide bonds. The molecule has 0 aromatic rings. The molecule has 10 heavy (non-hydrogen) atoms. The van der Waals surface area contributed by atoms with Crippen LogP contribution in [0.5, 0.6) is 0 Å². The number of nitrogens with zero attached hydrogens (tertiary/aromatic N) is 2. The zero-order chi connectivity index (χ0) is 7.56. The molecule has 0 fully saturated rings. The highest BCUT2D eigenvalue weighted by Crippen LogP contribution is 2.23. The van der Waals surface area contributed by atoms with E-state index in [-0.39, 0.29) is 0 Å². The lowest BCUT2D eigenvalue weighted by molar-refractivity contribution is 0.385. The number of hydrogen-bond donors (Lipinski definition) is 1. The Hall–Kier alpha value is -0.570. The van der Waals surface area contributed by atoms with Crippen molar-refractivity contribution in [1.29, 1.82) is 0 Å². The van der Waals surface area contributed by atoms with Crippen LogP contribution in [0.3, 0.4) is 0 Å². The van der Waals surface area contributed by atoms with Gasteiger partial charge in [0, 0.05) is 26.0 Å². The molecule has 0 atom stereocenters. The van der Waals surface area contributed by atoms with Gasteiger partial charge in [-0.25, -0.2) is 0 Å². The molecule has 3 heteroatoms. The van der Waals surface area contributed by atoms with Crippen LogP contribution in [0.2, 0.25) is 0 Å². The molecule has 0 bridgehead atoms. The van der Waals surface area contributed by atoms with Crippen molar-refractivity contribution in [3.8, 4) is 0 Å². The third-order valence-corrected chi connectivity index (χ3v) is 1.94. The lowest BCUT2D eigenvalue weighted by Crippen LogP contribution is -2.23. The Kier molecular flexibility index (Phi) is 2.27. The van der Waals surface area contributed by atoms with Crippen molar-refractivity contribution in [2.75, 3.05) is 13.6 Å². The van der Waals surface area contributed by atoms with Gasteiger partial charge in [-0.1, -0.05) is 6.08 Å². The molecule has 0 N–H and O–H groups in total. The Labute approximate surface area is 67.2 Å². The summed E-state index contributed by atoms with van der Waals surface area (Å²) in [6, 6.07) is 0. The van der Waals surface area contributed by atoms with Crippen molar-refractivity contribution in [1.82, 2.24) is 9.80 Å². The van der Waals surface area contributed by atoms with E-state index in [9.17, 15) is 0 Å². The largest absolute Gasteiger partial charge is 0.344 e. The summed E-state index contributed by atoms with van der Waals surface area (Å²) in [6.45, 7) is 4.46. The van der Waals surface area contributed by atoms with Gasteiger partial charge in [0.25, 0.3) is 0 Å². The van der Waals surface area contributed by atoms with Crippen molar-refractivity contribution in [3.63, 3.8) is 0 Å². The van der Waals surface area contributed by atoms with Gasteiger partial charge in [-0.15, -0.1) is 19.2 Å². The van der Waals surface area contributed by atoms with Gasteiger partial charge in [0.2, 0.25) is 5.50 Å². The number of rotatable bonds is 2. The average molecular weight is 155 g/mol. The topological polar surface area (TPSA) is 6.48 Å². The van der Waals surface area contributed by atoms with Crippen molar-refractivity contribution in [2.45, 2.75) is 0 Å². The molecule has 1 rings (SSSR count). The minimum absolute atomic E-state index is 0.819. The Morgan fingerprint density at radius 2 is 2.40 bits per heavy atom. The van der Waals surface area contributed by atoms with Crippen molar-refractivity contribution >= 4 is 12.6 Å². The summed E-state index contributed by atoms with van der Waals surface area (Å²) < 4.78 is 0. The smallest absolute Gasteiger partial charge is 0.211 e. The molecule has 1 radical (unpaired) electrons. The van der Waals surface area contributed by atoms with E-state index < -0.39 is 0 Å². The average Bonchev–Trinajstić information content (AvgIpc) is 2.20. The van der Waals surface area contributed by atoms with Crippen LogP contribution in [0.25, 0.3) is 0 Å². The van der Waals surface area contributed by atoms with Gasteiger partial charge < -0.3 is 9.80 Å². The molecule has 1 aliphatic heterocycles. The third-order valence-electron chi connectivity index (χ3n) is 1.37. The highest BCUT2D eigenvalue weighted by molar-refractivity contribution is 7.83. The molecule has 0 saturated heterocycles. The predicted octanol–water partition coefficient (Wildman–Crippen LogP) is 1.27. The first-order valence-electron chi connectivity index (χ1n) is 3.10. The van der Waals surface area contributed by atoms with Crippen LogP contribution in [0.15, 0.2) is 25.1 Å². The molecule has 2 nitrogen and oxygen atoms in total. The van der Waals surface area contributed by atoms with Gasteiger partial charge in [-0.2, -0.15) is 0 Å². The van der Waals surface area contributed by atoms with E-state index in [1.165, 1.54) is 0 Å². The zero-order valence-electron chi connectivity index (χ0n) is 5.99. The second-order valence-corrected chi connectivity index (χ2v) is 2.55. The van der Waals surface area contributed by atoms with E-state index >= 15 is 0 Å². The lowest BCUT2D eigenvalue weighted by atomic mass is 10.6. The Bertz CT molecular complexity index is 156. The van der Waals surface area contributed by atoms with Crippen molar-refractivity contribution in [2.24, 2.45) is 0 Å². The monoisotopic (exact) mass is 155 g/mol. The maximum atomic E-state index is 4.27. The Morgan fingerprint density at radius 3 is 2.80 bits per heavy atom. The molecule has 0 aromatic heterocycles. The van der Waals surface area contributed by atoms with Gasteiger partial charge >= 0.3 is 0 Å². The number of hydrogen-bond acceptors (Lipinski definition) is 3. The van der Waals surface area contributed by atoms with Crippen LogP contribution >= 0.6 is 12.6 Å². The highest BCUT2D eigenvalue weighted by atomic mass is 32.1. The second-order valence-electron chi connectivity index (χ2n) is 2.15. The summed E-state index contributed by atoms with van der Waals surface area (Å²) >= 11 is 4.27. The summed E-state index contributed by atoms with van der Waals surface area (Å²) in [5, 5.41) is 0.